The molecule has 1 aliphatic rings. The van der Waals surface area contributed by atoms with Crippen molar-refractivity contribution < 1.29 is 14.3 Å². The van der Waals surface area contributed by atoms with Gasteiger partial charge in [-0.15, -0.1) is 0 Å². The molecule has 142 valence electrons. The van der Waals surface area contributed by atoms with Crippen LogP contribution in [0.3, 0.4) is 0 Å². The van der Waals surface area contributed by atoms with Gasteiger partial charge in [-0.1, -0.05) is 65.8 Å². The van der Waals surface area contributed by atoms with Crippen molar-refractivity contribution in [2.75, 3.05) is 12.4 Å². The van der Waals surface area contributed by atoms with E-state index >= 15 is 0 Å². The van der Waals surface area contributed by atoms with Crippen molar-refractivity contribution in [3.8, 4) is 5.75 Å². The largest absolute Gasteiger partial charge is 0.493 e. The molecule has 4 rings (SSSR count). The highest BCUT2D eigenvalue weighted by molar-refractivity contribution is 8.14. The molecule has 0 N–H and O–H groups in total. The van der Waals surface area contributed by atoms with E-state index in [2.05, 4.69) is 0 Å². The van der Waals surface area contributed by atoms with Gasteiger partial charge < -0.3 is 4.74 Å². The summed E-state index contributed by atoms with van der Waals surface area (Å²) in [5, 5.41) is 2.49. The van der Waals surface area contributed by atoms with Crippen molar-refractivity contribution in [3.05, 3.63) is 76.8 Å². The fraction of sp³-hybridized carbons (Fsp3) is 0.182. The molecule has 2 amide bonds. The van der Waals surface area contributed by atoms with E-state index in [1.54, 1.807) is 0 Å². The normalized spacial score (nSPS) is 14.1. The van der Waals surface area contributed by atoms with E-state index < -0.39 is 0 Å². The van der Waals surface area contributed by atoms with Crippen molar-refractivity contribution in [3.63, 3.8) is 0 Å². The minimum absolute atomic E-state index is 0.138. The number of halogens is 1. The van der Waals surface area contributed by atoms with E-state index in [4.69, 9.17) is 16.3 Å². The lowest BCUT2D eigenvalue weighted by atomic mass is 10.0. The van der Waals surface area contributed by atoms with Crippen molar-refractivity contribution >= 4 is 45.3 Å². The summed E-state index contributed by atoms with van der Waals surface area (Å²) in [5.74, 6) is 0.873. The molecule has 3 aromatic rings. The summed E-state index contributed by atoms with van der Waals surface area (Å²) in [6.07, 6.45) is 0.755. The Morgan fingerprint density at radius 3 is 2.57 bits per heavy atom. The number of fused-ring (bicyclic) bond motifs is 1. The smallest absolute Gasteiger partial charge is 0.289 e. The van der Waals surface area contributed by atoms with Crippen LogP contribution in [-0.4, -0.2) is 28.4 Å². The molecule has 0 aliphatic carbocycles. The quantitative estimate of drug-likeness (QED) is 0.551. The lowest BCUT2D eigenvalue weighted by molar-refractivity contribution is -0.124. The van der Waals surface area contributed by atoms with Crippen LogP contribution < -0.4 is 4.74 Å². The molecule has 6 heteroatoms. The number of imide groups is 1. The number of carbonyl (C=O) groups excluding carboxylic acids is 2. The summed E-state index contributed by atoms with van der Waals surface area (Å²) in [6.45, 7) is 0.817. The monoisotopic (exact) mass is 411 g/mol. The lowest BCUT2D eigenvalue weighted by Gasteiger charge is -2.16. The number of hydrogen-bond donors (Lipinski definition) is 0. The van der Waals surface area contributed by atoms with Gasteiger partial charge in [-0.2, -0.15) is 0 Å². The number of ether oxygens (including phenoxy) is 1. The van der Waals surface area contributed by atoms with Crippen LogP contribution >= 0.6 is 23.4 Å². The first-order valence-corrected chi connectivity index (χ1v) is 10.3. The van der Waals surface area contributed by atoms with Crippen molar-refractivity contribution in [1.82, 2.24) is 4.90 Å². The number of hydrogen-bond acceptors (Lipinski definition) is 4. The highest BCUT2D eigenvalue weighted by Gasteiger charge is 2.30. The minimum atomic E-state index is -0.184. The standard InChI is InChI=1S/C22H18ClNO3S/c23-17-5-3-4-15(12-17)10-11-27-20-9-8-16(18-6-1-2-7-19(18)20)13-24-21(25)14-28-22(24)26/h1-9,12H,10-11,13-14H2. The molecular formula is C22H18ClNO3S. The van der Waals surface area contributed by atoms with Crippen LogP contribution in [0.5, 0.6) is 5.75 Å². The average molecular weight is 412 g/mol. The molecule has 0 atom stereocenters. The molecule has 1 aliphatic heterocycles. The fourth-order valence-corrected chi connectivity index (χ4v) is 4.21. The van der Waals surface area contributed by atoms with E-state index in [1.807, 2.05) is 60.7 Å². The van der Waals surface area contributed by atoms with Gasteiger partial charge in [0.1, 0.15) is 5.75 Å². The second-order valence-electron chi connectivity index (χ2n) is 6.53. The number of thioether (sulfide) groups is 1. The average Bonchev–Trinajstić information content (AvgIpc) is 3.01. The highest BCUT2D eigenvalue weighted by Crippen LogP contribution is 2.31. The van der Waals surface area contributed by atoms with Crippen LogP contribution in [0, 0.1) is 0 Å². The Hall–Kier alpha value is -2.50. The van der Waals surface area contributed by atoms with Gasteiger partial charge in [0.2, 0.25) is 5.91 Å². The van der Waals surface area contributed by atoms with E-state index in [1.165, 1.54) is 4.90 Å². The number of amides is 2. The van der Waals surface area contributed by atoms with E-state index in [9.17, 15) is 9.59 Å². The first-order chi connectivity index (χ1) is 13.6. The summed E-state index contributed by atoms with van der Waals surface area (Å²) >= 11 is 7.09. The van der Waals surface area contributed by atoms with Gasteiger partial charge >= 0.3 is 0 Å². The van der Waals surface area contributed by atoms with Gasteiger partial charge in [0, 0.05) is 16.8 Å². The molecule has 1 saturated heterocycles. The fourth-order valence-electron chi connectivity index (χ4n) is 3.27. The van der Waals surface area contributed by atoms with Crippen molar-refractivity contribution in [1.29, 1.82) is 0 Å². The number of benzene rings is 3. The molecule has 0 unspecified atom stereocenters. The Bertz CT molecular complexity index is 1040. The molecule has 3 aromatic carbocycles. The van der Waals surface area contributed by atoms with E-state index in [0.717, 1.165) is 50.9 Å². The zero-order valence-corrected chi connectivity index (χ0v) is 16.6. The second kappa shape index (κ2) is 8.25. The third kappa shape index (κ3) is 4.01. The maximum Gasteiger partial charge on any atom is 0.289 e. The Morgan fingerprint density at radius 1 is 1.00 bits per heavy atom. The zero-order chi connectivity index (χ0) is 19.5. The molecule has 1 fully saturated rings. The summed E-state index contributed by atoms with van der Waals surface area (Å²) in [6, 6.07) is 19.5. The lowest BCUT2D eigenvalue weighted by Crippen LogP contribution is -2.28. The van der Waals surface area contributed by atoms with Crippen LogP contribution in [0.2, 0.25) is 5.02 Å². The Kier molecular flexibility index (Phi) is 5.55. The third-order valence-electron chi connectivity index (χ3n) is 4.68. The molecular weight excluding hydrogens is 394 g/mol. The first kappa shape index (κ1) is 18.8. The van der Waals surface area contributed by atoms with Gasteiger partial charge in [-0.05, 0) is 34.7 Å². The minimum Gasteiger partial charge on any atom is -0.493 e. The molecule has 0 bridgehead atoms. The molecule has 0 spiro atoms. The molecule has 1 heterocycles. The Balaban J connectivity index is 1.54. The van der Waals surface area contributed by atoms with Gasteiger partial charge in [0.25, 0.3) is 5.24 Å². The van der Waals surface area contributed by atoms with Gasteiger partial charge in [-0.3, -0.25) is 14.5 Å². The van der Waals surface area contributed by atoms with Gasteiger partial charge in [-0.25, -0.2) is 0 Å². The summed E-state index contributed by atoms with van der Waals surface area (Å²) in [7, 11) is 0. The predicted molar refractivity (Wildman–Crippen MR) is 113 cm³/mol. The third-order valence-corrected chi connectivity index (χ3v) is 5.77. The topological polar surface area (TPSA) is 46.6 Å². The summed E-state index contributed by atoms with van der Waals surface area (Å²) < 4.78 is 6.04. The molecule has 4 nitrogen and oxygen atoms in total. The number of nitrogens with zero attached hydrogens (tertiary/aromatic N) is 1. The van der Waals surface area contributed by atoms with Crippen LogP contribution in [0.1, 0.15) is 11.1 Å². The molecule has 0 aromatic heterocycles. The first-order valence-electron chi connectivity index (χ1n) is 8.97. The highest BCUT2D eigenvalue weighted by atomic mass is 35.5. The van der Waals surface area contributed by atoms with Crippen LogP contribution in [-0.2, 0) is 17.8 Å². The van der Waals surface area contributed by atoms with Crippen molar-refractivity contribution in [2.45, 2.75) is 13.0 Å². The van der Waals surface area contributed by atoms with Gasteiger partial charge in [0.15, 0.2) is 0 Å². The number of carbonyl (C=O) groups is 2. The van der Waals surface area contributed by atoms with E-state index in [-0.39, 0.29) is 23.4 Å². The van der Waals surface area contributed by atoms with Crippen molar-refractivity contribution in [2.24, 2.45) is 0 Å². The van der Waals surface area contributed by atoms with Crippen LogP contribution in [0.25, 0.3) is 10.8 Å². The molecule has 0 radical (unpaired) electrons. The number of rotatable bonds is 6. The summed E-state index contributed by atoms with van der Waals surface area (Å²) in [4.78, 5) is 25.2. The molecule has 0 saturated carbocycles. The summed E-state index contributed by atoms with van der Waals surface area (Å²) in [5.41, 5.74) is 2.05. The maximum absolute atomic E-state index is 11.9. The van der Waals surface area contributed by atoms with Crippen LogP contribution in [0.15, 0.2) is 60.7 Å². The SMILES string of the molecule is O=C1CSC(=O)N1Cc1ccc(OCCc2cccc(Cl)c2)c2ccccc12. The van der Waals surface area contributed by atoms with Gasteiger partial charge in [0.05, 0.1) is 18.9 Å². The zero-order valence-electron chi connectivity index (χ0n) is 15.1. The maximum atomic E-state index is 11.9. The Labute approximate surface area is 172 Å². The van der Waals surface area contributed by atoms with Crippen LogP contribution in [0.4, 0.5) is 4.79 Å². The predicted octanol–water partition coefficient (Wildman–Crippen LogP) is 5.31. The second-order valence-corrected chi connectivity index (χ2v) is 7.89. The Morgan fingerprint density at radius 2 is 1.82 bits per heavy atom. The van der Waals surface area contributed by atoms with E-state index in [0.29, 0.717) is 6.61 Å². The molecule has 28 heavy (non-hydrogen) atoms.